The number of nitrogen functional groups attached to an aromatic ring is 1. The summed E-state index contributed by atoms with van der Waals surface area (Å²) >= 11 is 1.23. The number of nitrogens with one attached hydrogen (secondary N) is 1. The molecule has 3 aromatic rings. The Labute approximate surface area is 192 Å². The van der Waals surface area contributed by atoms with Gasteiger partial charge in [0.1, 0.15) is 11.5 Å². The minimum absolute atomic E-state index is 0.0424. The van der Waals surface area contributed by atoms with Crippen LogP contribution in [0.25, 0.3) is 11.4 Å². The predicted molar refractivity (Wildman–Crippen MR) is 126 cm³/mol. The van der Waals surface area contributed by atoms with Crippen molar-refractivity contribution < 1.29 is 14.3 Å². The highest BCUT2D eigenvalue weighted by molar-refractivity contribution is 7.99. The first kappa shape index (κ1) is 23.5. The number of hydrogen-bond acceptors (Lipinski definition) is 7. The summed E-state index contributed by atoms with van der Waals surface area (Å²) in [6, 6.07) is 15.3. The van der Waals surface area contributed by atoms with Crippen LogP contribution in [0, 0.1) is 5.92 Å². The van der Waals surface area contributed by atoms with E-state index in [1.165, 1.54) is 16.4 Å². The second-order valence-corrected chi connectivity index (χ2v) is 8.63. The maximum Gasteiger partial charge on any atom is 0.230 e. The van der Waals surface area contributed by atoms with Crippen molar-refractivity contribution >= 4 is 17.7 Å². The van der Waals surface area contributed by atoms with E-state index >= 15 is 0 Å². The molecule has 1 aromatic heterocycles. The number of rotatable bonds is 10. The topological polar surface area (TPSA) is 104 Å². The molecule has 0 aliphatic carbocycles. The summed E-state index contributed by atoms with van der Waals surface area (Å²) in [6.45, 7) is 4.28. The summed E-state index contributed by atoms with van der Waals surface area (Å²) in [5, 5.41) is 11.9. The molecular formula is C23H29N5O3S. The number of amides is 1. The molecule has 1 unspecified atom stereocenters. The van der Waals surface area contributed by atoms with Gasteiger partial charge in [-0.3, -0.25) is 4.79 Å². The van der Waals surface area contributed by atoms with Crippen LogP contribution in [0.5, 0.6) is 11.5 Å². The third-order valence-electron chi connectivity index (χ3n) is 4.89. The van der Waals surface area contributed by atoms with Gasteiger partial charge in [-0.2, -0.15) is 0 Å². The summed E-state index contributed by atoms with van der Waals surface area (Å²) in [7, 11) is 3.15. The van der Waals surface area contributed by atoms with Crippen molar-refractivity contribution in [2.75, 3.05) is 25.8 Å². The summed E-state index contributed by atoms with van der Waals surface area (Å²) in [6.07, 6.45) is 0.856. The molecule has 0 saturated carbocycles. The van der Waals surface area contributed by atoms with Crippen LogP contribution >= 0.6 is 11.8 Å². The molecule has 0 aliphatic heterocycles. The van der Waals surface area contributed by atoms with Gasteiger partial charge in [-0.05, 0) is 30.0 Å². The number of hydrogen-bond donors (Lipinski definition) is 2. The summed E-state index contributed by atoms with van der Waals surface area (Å²) in [4.78, 5) is 12.7. The largest absolute Gasteiger partial charge is 0.497 e. The number of carbonyl (C=O) groups excluding carboxylic acids is 1. The molecule has 170 valence electrons. The molecule has 0 radical (unpaired) electrons. The van der Waals surface area contributed by atoms with Crippen LogP contribution in [0.15, 0.2) is 53.7 Å². The molecule has 3 rings (SSSR count). The Hall–Kier alpha value is -3.20. The van der Waals surface area contributed by atoms with Gasteiger partial charge in [-0.1, -0.05) is 55.9 Å². The number of nitrogens with two attached hydrogens (primary N) is 1. The number of nitrogens with zero attached hydrogens (tertiary/aromatic N) is 3. The number of ether oxygens (including phenoxy) is 2. The fourth-order valence-corrected chi connectivity index (χ4v) is 4.01. The normalized spacial score (nSPS) is 11.9. The summed E-state index contributed by atoms with van der Waals surface area (Å²) in [5.41, 5.74) is 1.77. The highest BCUT2D eigenvalue weighted by Gasteiger charge is 2.19. The van der Waals surface area contributed by atoms with E-state index in [9.17, 15) is 4.79 Å². The molecule has 1 heterocycles. The lowest BCUT2D eigenvalue weighted by molar-refractivity contribution is -0.119. The lowest BCUT2D eigenvalue weighted by atomic mass is 9.97. The Balaban J connectivity index is 1.69. The molecule has 2 aromatic carbocycles. The maximum atomic E-state index is 12.7. The quantitative estimate of drug-likeness (QED) is 0.355. The maximum absolute atomic E-state index is 12.7. The van der Waals surface area contributed by atoms with Crippen LogP contribution in [0.4, 0.5) is 0 Å². The van der Waals surface area contributed by atoms with E-state index in [0.717, 1.165) is 12.0 Å². The molecule has 32 heavy (non-hydrogen) atoms. The van der Waals surface area contributed by atoms with Crippen LogP contribution in [-0.2, 0) is 4.79 Å². The van der Waals surface area contributed by atoms with Gasteiger partial charge in [0.25, 0.3) is 0 Å². The van der Waals surface area contributed by atoms with Crippen molar-refractivity contribution in [3.8, 4) is 22.9 Å². The third-order valence-corrected chi connectivity index (χ3v) is 5.83. The zero-order chi connectivity index (χ0) is 23.1. The van der Waals surface area contributed by atoms with Crippen molar-refractivity contribution in [2.45, 2.75) is 31.5 Å². The zero-order valence-electron chi connectivity index (χ0n) is 18.7. The van der Waals surface area contributed by atoms with Crippen molar-refractivity contribution in [1.82, 2.24) is 20.2 Å². The van der Waals surface area contributed by atoms with E-state index in [-0.39, 0.29) is 17.7 Å². The Morgan fingerprint density at radius 2 is 1.88 bits per heavy atom. The average Bonchev–Trinajstić information content (AvgIpc) is 3.17. The number of thioether (sulfide) groups is 1. The highest BCUT2D eigenvalue weighted by Crippen LogP contribution is 2.33. The first-order chi connectivity index (χ1) is 15.4. The monoisotopic (exact) mass is 455 g/mol. The van der Waals surface area contributed by atoms with Gasteiger partial charge in [0.05, 0.1) is 31.6 Å². The Bertz CT molecular complexity index is 1040. The number of carbonyl (C=O) groups is 1. The molecule has 3 N–H and O–H groups in total. The van der Waals surface area contributed by atoms with E-state index in [4.69, 9.17) is 15.3 Å². The molecular weight excluding hydrogens is 426 g/mol. The van der Waals surface area contributed by atoms with Crippen LogP contribution < -0.4 is 20.6 Å². The Morgan fingerprint density at radius 1 is 1.12 bits per heavy atom. The van der Waals surface area contributed by atoms with Crippen molar-refractivity contribution in [2.24, 2.45) is 5.92 Å². The average molecular weight is 456 g/mol. The first-order valence-corrected chi connectivity index (χ1v) is 11.3. The summed E-state index contributed by atoms with van der Waals surface area (Å²) in [5.74, 6) is 8.43. The number of methoxy groups -OCH3 is 2. The lowest BCUT2D eigenvalue weighted by Crippen LogP contribution is -2.31. The van der Waals surface area contributed by atoms with Crippen LogP contribution in [0.3, 0.4) is 0 Å². The molecule has 0 fully saturated rings. The van der Waals surface area contributed by atoms with Crippen molar-refractivity contribution in [3.05, 3.63) is 54.1 Å². The van der Waals surface area contributed by atoms with Gasteiger partial charge in [0.2, 0.25) is 11.1 Å². The number of benzene rings is 2. The van der Waals surface area contributed by atoms with Gasteiger partial charge in [0.15, 0.2) is 5.82 Å². The van der Waals surface area contributed by atoms with E-state index in [2.05, 4.69) is 29.4 Å². The molecule has 8 nitrogen and oxygen atoms in total. The Morgan fingerprint density at radius 3 is 2.53 bits per heavy atom. The van der Waals surface area contributed by atoms with Gasteiger partial charge in [-0.15, -0.1) is 10.2 Å². The summed E-state index contributed by atoms with van der Waals surface area (Å²) < 4.78 is 12.0. The fourth-order valence-electron chi connectivity index (χ4n) is 3.34. The smallest absolute Gasteiger partial charge is 0.230 e. The third kappa shape index (κ3) is 5.73. The molecule has 0 saturated heterocycles. The van der Waals surface area contributed by atoms with Gasteiger partial charge in [0, 0.05) is 6.07 Å². The molecule has 1 atom stereocenters. The standard InChI is InChI=1S/C23H29N5O3S/c1-15(2)12-19(16-8-6-5-7-9-16)25-21(29)14-32-23-27-26-22(28(23)24)18-11-10-17(30-3)13-20(18)31-4/h5-11,13,15,19H,12,14,24H2,1-4H3,(H,25,29). The van der Waals surface area contributed by atoms with Gasteiger partial charge >= 0.3 is 0 Å². The Kier molecular flexibility index (Phi) is 7.99. The minimum atomic E-state index is -0.0870. The van der Waals surface area contributed by atoms with E-state index in [1.807, 2.05) is 36.4 Å². The molecule has 0 aliphatic rings. The second-order valence-electron chi connectivity index (χ2n) is 7.69. The lowest BCUT2D eigenvalue weighted by Gasteiger charge is -2.21. The van der Waals surface area contributed by atoms with E-state index < -0.39 is 0 Å². The van der Waals surface area contributed by atoms with E-state index in [0.29, 0.717) is 34.0 Å². The zero-order valence-corrected chi connectivity index (χ0v) is 19.6. The molecule has 1 amide bonds. The van der Waals surface area contributed by atoms with Crippen LogP contribution in [0.2, 0.25) is 0 Å². The second kappa shape index (κ2) is 10.9. The van der Waals surface area contributed by atoms with Crippen molar-refractivity contribution in [3.63, 3.8) is 0 Å². The highest BCUT2D eigenvalue weighted by atomic mass is 32.2. The van der Waals surface area contributed by atoms with Crippen molar-refractivity contribution in [1.29, 1.82) is 0 Å². The van der Waals surface area contributed by atoms with Crippen LogP contribution in [0.1, 0.15) is 31.9 Å². The first-order valence-electron chi connectivity index (χ1n) is 10.3. The fraction of sp³-hybridized carbons (Fsp3) is 0.348. The molecule has 0 spiro atoms. The van der Waals surface area contributed by atoms with Gasteiger partial charge in [-0.25, -0.2) is 4.68 Å². The molecule has 9 heteroatoms. The van der Waals surface area contributed by atoms with Gasteiger partial charge < -0.3 is 20.6 Å². The predicted octanol–water partition coefficient (Wildman–Crippen LogP) is 3.67. The SMILES string of the molecule is COc1ccc(-c2nnc(SCC(=O)NC(CC(C)C)c3ccccc3)n2N)c(OC)c1. The minimum Gasteiger partial charge on any atom is -0.497 e. The molecule has 0 bridgehead atoms. The number of aromatic nitrogens is 3. The van der Waals surface area contributed by atoms with E-state index in [1.54, 1.807) is 26.4 Å². The van der Waals surface area contributed by atoms with Crippen LogP contribution in [-0.4, -0.2) is 40.8 Å².